The van der Waals surface area contributed by atoms with E-state index in [1.54, 1.807) is 6.07 Å². The van der Waals surface area contributed by atoms with E-state index in [1.807, 2.05) is 43.3 Å². The maximum atomic E-state index is 13.2. The van der Waals surface area contributed by atoms with E-state index in [1.165, 1.54) is 18.3 Å². The van der Waals surface area contributed by atoms with E-state index in [0.717, 1.165) is 17.4 Å². The van der Waals surface area contributed by atoms with E-state index in [2.05, 4.69) is 4.99 Å². The predicted octanol–water partition coefficient (Wildman–Crippen LogP) is 3.74. The molecule has 2 aromatic carbocycles. The second-order valence-electron chi connectivity index (χ2n) is 5.16. The fourth-order valence-electron chi connectivity index (χ4n) is 1.97. The number of ketones is 1. The minimum Gasteiger partial charge on any atom is -0.378 e. The van der Waals surface area contributed by atoms with Crippen molar-refractivity contribution in [1.82, 2.24) is 0 Å². The highest BCUT2D eigenvalue weighted by Gasteiger charge is 2.08. The standard InChI is InChI=1S/C18H16FN3O/c1-22(2)16-6-4-15(5-7-16)21-10-9-18(23)13-3-8-17(19)14(11-13)12-20/h3-8,10-11H,9H2,1-2H3/i19-1. The van der Waals surface area contributed by atoms with Crippen molar-refractivity contribution in [3.8, 4) is 6.07 Å². The van der Waals surface area contributed by atoms with Gasteiger partial charge in [0.05, 0.1) is 11.3 Å². The maximum Gasteiger partial charge on any atom is 0.168 e. The van der Waals surface area contributed by atoms with Gasteiger partial charge in [0.15, 0.2) is 5.78 Å². The highest BCUT2D eigenvalue weighted by molar-refractivity contribution is 6.04. The van der Waals surface area contributed by atoms with Gasteiger partial charge in [0.2, 0.25) is 0 Å². The van der Waals surface area contributed by atoms with Crippen molar-refractivity contribution in [3.63, 3.8) is 0 Å². The molecule has 4 nitrogen and oxygen atoms in total. The second-order valence-corrected chi connectivity index (χ2v) is 5.16. The molecule has 0 unspecified atom stereocenters. The third-order valence-corrected chi connectivity index (χ3v) is 3.29. The van der Waals surface area contributed by atoms with Crippen molar-refractivity contribution in [3.05, 3.63) is 59.4 Å². The van der Waals surface area contributed by atoms with Crippen LogP contribution in [0.15, 0.2) is 47.5 Å². The molecule has 0 spiro atoms. The lowest BCUT2D eigenvalue weighted by molar-refractivity contribution is 0.100. The van der Waals surface area contributed by atoms with Gasteiger partial charge in [-0.1, -0.05) is 0 Å². The molecule has 0 saturated heterocycles. The smallest absolute Gasteiger partial charge is 0.168 e. The Morgan fingerprint density at radius 3 is 2.57 bits per heavy atom. The first kappa shape index (κ1) is 16.4. The number of hydrogen-bond donors (Lipinski definition) is 0. The topological polar surface area (TPSA) is 56.5 Å². The van der Waals surface area contributed by atoms with Gasteiger partial charge in [-0.3, -0.25) is 9.79 Å². The molecule has 0 bridgehead atoms. The van der Waals surface area contributed by atoms with Gasteiger partial charge in [0.1, 0.15) is 11.9 Å². The normalized spacial score (nSPS) is 10.5. The van der Waals surface area contributed by atoms with Crippen LogP contribution in [-0.2, 0) is 0 Å². The summed E-state index contributed by atoms with van der Waals surface area (Å²) >= 11 is 0. The number of Topliss-reactive ketones (excluding diaryl/α,β-unsaturated/α-hetero) is 1. The number of carbonyl (C=O) groups is 1. The Hall–Kier alpha value is -3.00. The van der Waals surface area contributed by atoms with Crippen LogP contribution in [-0.4, -0.2) is 26.1 Å². The third kappa shape index (κ3) is 4.24. The summed E-state index contributed by atoms with van der Waals surface area (Å²) in [7, 11) is 3.91. The van der Waals surface area contributed by atoms with Gasteiger partial charge in [0.25, 0.3) is 0 Å². The average molecular weight is 308 g/mol. The Morgan fingerprint density at radius 1 is 1.26 bits per heavy atom. The molecular weight excluding hydrogens is 292 g/mol. The van der Waals surface area contributed by atoms with Crippen molar-refractivity contribution in [2.75, 3.05) is 19.0 Å². The predicted molar refractivity (Wildman–Crippen MR) is 89.0 cm³/mol. The molecule has 5 heteroatoms. The Morgan fingerprint density at radius 2 is 1.96 bits per heavy atom. The zero-order chi connectivity index (χ0) is 16.8. The van der Waals surface area contributed by atoms with Crippen molar-refractivity contribution in [2.24, 2.45) is 4.99 Å². The molecule has 0 aromatic heterocycles. The summed E-state index contributed by atoms with van der Waals surface area (Å²) in [5.74, 6) is -0.839. The van der Waals surface area contributed by atoms with Gasteiger partial charge in [-0.25, -0.2) is 4.39 Å². The summed E-state index contributed by atoms with van der Waals surface area (Å²) in [6, 6.07) is 13.1. The molecule has 116 valence electrons. The minimum atomic E-state index is -0.626. The van der Waals surface area contributed by atoms with Crippen LogP contribution in [0.2, 0.25) is 0 Å². The van der Waals surface area contributed by atoms with Crippen LogP contribution in [0.3, 0.4) is 0 Å². The van der Waals surface area contributed by atoms with E-state index in [4.69, 9.17) is 5.26 Å². The van der Waals surface area contributed by atoms with Crippen LogP contribution in [0.4, 0.5) is 15.8 Å². The van der Waals surface area contributed by atoms with Crippen molar-refractivity contribution in [2.45, 2.75) is 6.42 Å². The molecule has 0 aliphatic carbocycles. The minimum absolute atomic E-state index is 0.0892. The number of nitrogens with zero attached hydrogens (tertiary/aromatic N) is 3. The fourth-order valence-corrected chi connectivity index (χ4v) is 1.97. The molecular formula is C18H16FN3O. The molecule has 0 radical (unpaired) electrons. The van der Waals surface area contributed by atoms with Crippen LogP contribution in [0.1, 0.15) is 22.3 Å². The van der Waals surface area contributed by atoms with Gasteiger partial charge < -0.3 is 4.90 Å². The monoisotopic (exact) mass is 308 g/mol. The zero-order valence-electron chi connectivity index (χ0n) is 13.0. The summed E-state index contributed by atoms with van der Waals surface area (Å²) in [6.07, 6.45) is 1.61. The van der Waals surface area contributed by atoms with Crippen LogP contribution < -0.4 is 4.90 Å². The first-order chi connectivity index (χ1) is 11.0. The average Bonchev–Trinajstić information content (AvgIpc) is 2.55. The van der Waals surface area contributed by atoms with Crippen LogP contribution >= 0.6 is 0 Å². The first-order valence-electron chi connectivity index (χ1n) is 7.04. The SMILES string of the molecule is CN(C)c1ccc(N=CCC(=O)c2ccc([18F])c(C#N)c2)cc1. The summed E-state index contributed by atoms with van der Waals surface area (Å²) in [4.78, 5) is 18.2. The number of rotatable bonds is 5. The summed E-state index contributed by atoms with van der Waals surface area (Å²) in [6.45, 7) is 0. The number of anilines is 1. The molecule has 0 aliphatic rings. The molecule has 2 rings (SSSR count). The number of carbonyl (C=O) groups excluding carboxylic acids is 1. The quantitative estimate of drug-likeness (QED) is 0.624. The highest BCUT2D eigenvalue weighted by atomic mass is 18.2. The maximum absolute atomic E-state index is 13.2. The molecule has 0 fully saturated rings. The van der Waals surface area contributed by atoms with Gasteiger partial charge in [0, 0.05) is 38.0 Å². The summed E-state index contributed by atoms with van der Waals surface area (Å²) in [5, 5.41) is 8.78. The zero-order valence-corrected chi connectivity index (χ0v) is 13.0. The van der Waals surface area contributed by atoms with Crippen LogP contribution in [0.25, 0.3) is 0 Å². The van der Waals surface area contributed by atoms with Gasteiger partial charge >= 0.3 is 0 Å². The van der Waals surface area contributed by atoms with Crippen LogP contribution in [0.5, 0.6) is 0 Å². The number of nitriles is 1. The largest absolute Gasteiger partial charge is 0.378 e. The lowest BCUT2D eigenvalue weighted by Crippen LogP contribution is -2.07. The summed E-state index contributed by atoms with van der Waals surface area (Å²) in [5.41, 5.74) is 1.99. The Labute approximate surface area is 134 Å². The Balaban J connectivity index is 2.02. The van der Waals surface area contributed by atoms with Crippen molar-refractivity contribution in [1.29, 1.82) is 5.26 Å². The van der Waals surface area contributed by atoms with Crippen molar-refractivity contribution < 1.29 is 9.18 Å². The molecule has 0 heterocycles. The van der Waals surface area contributed by atoms with E-state index in [-0.39, 0.29) is 17.8 Å². The third-order valence-electron chi connectivity index (χ3n) is 3.29. The first-order valence-corrected chi connectivity index (χ1v) is 7.04. The van der Waals surface area contributed by atoms with Crippen molar-refractivity contribution >= 4 is 23.4 Å². The van der Waals surface area contributed by atoms with Gasteiger partial charge in [-0.05, 0) is 42.5 Å². The number of halogens is 1. The van der Waals surface area contributed by atoms with E-state index >= 15 is 0 Å². The Kier molecular flexibility index (Phi) is 5.21. The molecule has 0 saturated carbocycles. The number of benzene rings is 2. The second kappa shape index (κ2) is 7.32. The molecule has 2 aromatic rings. The lowest BCUT2D eigenvalue weighted by Gasteiger charge is -2.11. The molecule has 0 N–H and O–H groups in total. The van der Waals surface area contributed by atoms with Crippen LogP contribution in [0, 0.1) is 17.1 Å². The fraction of sp³-hybridized carbons (Fsp3) is 0.167. The molecule has 0 atom stereocenters. The molecule has 23 heavy (non-hydrogen) atoms. The summed E-state index contributed by atoms with van der Waals surface area (Å²) < 4.78 is 13.2. The van der Waals surface area contributed by atoms with E-state index < -0.39 is 5.82 Å². The number of aliphatic imine (C=N–C) groups is 1. The highest BCUT2D eigenvalue weighted by Crippen LogP contribution is 2.18. The molecule has 0 aliphatic heterocycles. The van der Waals surface area contributed by atoms with E-state index in [9.17, 15) is 9.18 Å². The number of hydrogen-bond acceptors (Lipinski definition) is 4. The van der Waals surface area contributed by atoms with E-state index in [0.29, 0.717) is 5.56 Å². The van der Waals surface area contributed by atoms with Gasteiger partial charge in [-0.2, -0.15) is 5.26 Å². The Bertz CT molecular complexity index is 774. The van der Waals surface area contributed by atoms with Gasteiger partial charge in [-0.15, -0.1) is 0 Å². The molecule has 0 amide bonds. The lowest BCUT2D eigenvalue weighted by atomic mass is 10.1.